The fraction of sp³-hybridized carbons (Fsp3) is 0.0556. The molecule has 2 aromatic carbocycles. The molecule has 0 spiro atoms. The summed E-state index contributed by atoms with van der Waals surface area (Å²) in [6.07, 6.45) is 1.48. The van der Waals surface area contributed by atoms with Gasteiger partial charge in [0.15, 0.2) is 5.82 Å². The molecule has 0 saturated heterocycles. The molecular formula is C18H10Cl2FN3. The van der Waals surface area contributed by atoms with Crippen molar-refractivity contribution in [1.29, 1.82) is 0 Å². The topological polar surface area (TPSA) is 38.7 Å². The van der Waals surface area contributed by atoms with Crippen LogP contribution >= 0.6 is 23.2 Å². The van der Waals surface area contributed by atoms with Gasteiger partial charge < -0.3 is 0 Å². The Hall–Kier alpha value is -2.30. The Bertz CT molecular complexity index is 1110. The summed E-state index contributed by atoms with van der Waals surface area (Å²) in [7, 11) is 0. The fourth-order valence-corrected chi connectivity index (χ4v) is 3.34. The van der Waals surface area contributed by atoms with Crippen LogP contribution in [0.5, 0.6) is 0 Å². The lowest BCUT2D eigenvalue weighted by atomic mass is 9.97. The molecule has 6 heteroatoms. The Morgan fingerprint density at radius 1 is 1.00 bits per heavy atom. The Labute approximate surface area is 147 Å². The lowest BCUT2D eigenvalue weighted by Gasteiger charge is -2.11. The summed E-state index contributed by atoms with van der Waals surface area (Å²) in [5, 5.41) is 2.29. The summed E-state index contributed by atoms with van der Waals surface area (Å²) >= 11 is 11.8. The molecule has 0 N–H and O–H groups in total. The summed E-state index contributed by atoms with van der Waals surface area (Å²) in [5.74, 6) is -0.561. The zero-order valence-corrected chi connectivity index (χ0v) is 14.0. The van der Waals surface area contributed by atoms with Crippen LogP contribution in [0.3, 0.4) is 0 Å². The van der Waals surface area contributed by atoms with Crippen LogP contribution in [0, 0.1) is 12.7 Å². The first-order chi connectivity index (χ1) is 11.6. The van der Waals surface area contributed by atoms with Crippen molar-refractivity contribution in [1.82, 2.24) is 15.0 Å². The molecule has 0 atom stereocenters. The predicted octanol–water partition coefficient (Wildman–Crippen LogP) is 5.60. The third-order valence-corrected chi connectivity index (χ3v) is 4.44. The molecule has 0 aliphatic heterocycles. The van der Waals surface area contributed by atoms with Crippen molar-refractivity contribution in [3.8, 4) is 11.3 Å². The Morgan fingerprint density at radius 2 is 1.75 bits per heavy atom. The third-order valence-electron chi connectivity index (χ3n) is 3.98. The van der Waals surface area contributed by atoms with Crippen LogP contribution in [0.25, 0.3) is 32.9 Å². The molecule has 118 valence electrons. The van der Waals surface area contributed by atoms with Gasteiger partial charge >= 0.3 is 0 Å². The van der Waals surface area contributed by atoms with Crippen molar-refractivity contribution in [2.75, 3.05) is 0 Å². The van der Waals surface area contributed by atoms with Crippen LogP contribution in [-0.4, -0.2) is 15.0 Å². The van der Waals surface area contributed by atoms with Gasteiger partial charge in [0.25, 0.3) is 0 Å². The largest absolute Gasteiger partial charge is 0.252 e. The van der Waals surface area contributed by atoms with Crippen LogP contribution in [0.15, 0.2) is 42.6 Å². The number of aromatic nitrogens is 3. The molecule has 0 unspecified atom stereocenters. The molecule has 24 heavy (non-hydrogen) atoms. The maximum absolute atomic E-state index is 15.1. The van der Waals surface area contributed by atoms with Gasteiger partial charge in [-0.1, -0.05) is 48.0 Å². The molecule has 0 bridgehead atoms. The number of aryl methyl sites for hydroxylation is 1. The number of pyridine rings is 1. The number of nitrogens with zero attached hydrogens (tertiary/aromatic N) is 3. The molecular weight excluding hydrogens is 348 g/mol. The summed E-state index contributed by atoms with van der Waals surface area (Å²) in [6, 6.07) is 11.7. The Balaban J connectivity index is 2.10. The van der Waals surface area contributed by atoms with Gasteiger partial charge in [-0.2, -0.15) is 0 Å². The van der Waals surface area contributed by atoms with Crippen molar-refractivity contribution in [2.45, 2.75) is 6.92 Å². The first-order valence-electron chi connectivity index (χ1n) is 7.22. The maximum atomic E-state index is 15.1. The maximum Gasteiger partial charge on any atom is 0.224 e. The van der Waals surface area contributed by atoms with E-state index >= 15 is 4.39 Å². The number of hydrogen-bond donors (Lipinski definition) is 0. The molecule has 0 radical (unpaired) electrons. The van der Waals surface area contributed by atoms with Gasteiger partial charge in [-0.05, 0) is 34.9 Å². The van der Waals surface area contributed by atoms with Crippen molar-refractivity contribution in [3.05, 3.63) is 64.4 Å². The zero-order chi connectivity index (χ0) is 16.8. The van der Waals surface area contributed by atoms with Crippen LogP contribution in [0.4, 0.5) is 4.39 Å². The highest BCUT2D eigenvalue weighted by Gasteiger charge is 2.17. The number of rotatable bonds is 1. The monoisotopic (exact) mass is 357 g/mol. The van der Waals surface area contributed by atoms with Gasteiger partial charge in [0.1, 0.15) is 16.4 Å². The Morgan fingerprint density at radius 3 is 2.54 bits per heavy atom. The lowest BCUT2D eigenvalue weighted by molar-refractivity contribution is 0.635. The van der Waals surface area contributed by atoms with E-state index in [1.807, 2.05) is 43.3 Å². The lowest BCUT2D eigenvalue weighted by Crippen LogP contribution is -1.97. The second-order valence-electron chi connectivity index (χ2n) is 5.45. The number of halogens is 3. The number of fused-ring (bicyclic) bond motifs is 2. The van der Waals surface area contributed by atoms with Crippen LogP contribution < -0.4 is 0 Å². The van der Waals surface area contributed by atoms with Crippen molar-refractivity contribution in [3.63, 3.8) is 0 Å². The average molecular weight is 358 g/mol. The van der Waals surface area contributed by atoms with Gasteiger partial charge in [-0.3, -0.25) is 4.98 Å². The highest BCUT2D eigenvalue weighted by molar-refractivity contribution is 6.35. The summed E-state index contributed by atoms with van der Waals surface area (Å²) < 4.78 is 15.1. The van der Waals surface area contributed by atoms with E-state index in [2.05, 4.69) is 15.0 Å². The second kappa shape index (κ2) is 5.65. The van der Waals surface area contributed by atoms with Gasteiger partial charge in [-0.25, -0.2) is 14.4 Å². The van der Waals surface area contributed by atoms with Crippen LogP contribution in [0.2, 0.25) is 10.4 Å². The van der Waals surface area contributed by atoms with Gasteiger partial charge in [0.2, 0.25) is 5.28 Å². The van der Waals surface area contributed by atoms with E-state index in [1.54, 1.807) is 0 Å². The highest BCUT2D eigenvalue weighted by Crippen LogP contribution is 2.34. The van der Waals surface area contributed by atoms with Gasteiger partial charge in [0, 0.05) is 11.8 Å². The third kappa shape index (κ3) is 2.30. The summed E-state index contributed by atoms with van der Waals surface area (Å²) in [6.45, 7) is 1.99. The van der Waals surface area contributed by atoms with E-state index in [-0.39, 0.29) is 21.6 Å². The molecule has 0 saturated carbocycles. The molecule has 0 fully saturated rings. The fourth-order valence-electron chi connectivity index (χ4n) is 2.91. The van der Waals surface area contributed by atoms with Gasteiger partial charge in [0.05, 0.1) is 5.39 Å². The highest BCUT2D eigenvalue weighted by atomic mass is 35.5. The molecule has 0 aliphatic rings. The predicted molar refractivity (Wildman–Crippen MR) is 95.0 cm³/mol. The second-order valence-corrected chi connectivity index (χ2v) is 6.14. The minimum atomic E-state index is -0.561. The smallest absolute Gasteiger partial charge is 0.224 e. The first kappa shape index (κ1) is 15.2. The van der Waals surface area contributed by atoms with E-state index in [9.17, 15) is 0 Å². The normalized spacial score (nSPS) is 11.3. The van der Waals surface area contributed by atoms with Crippen LogP contribution in [0.1, 0.15) is 5.56 Å². The summed E-state index contributed by atoms with van der Waals surface area (Å²) in [4.78, 5) is 12.1. The summed E-state index contributed by atoms with van der Waals surface area (Å²) in [5.41, 5.74) is 2.03. The van der Waals surface area contributed by atoms with E-state index in [0.29, 0.717) is 10.9 Å². The molecule has 0 amide bonds. The molecule has 3 nitrogen and oxygen atoms in total. The zero-order valence-electron chi connectivity index (χ0n) is 12.5. The molecule has 4 aromatic rings. The van der Waals surface area contributed by atoms with E-state index < -0.39 is 5.82 Å². The Kier molecular flexibility index (Phi) is 3.59. The van der Waals surface area contributed by atoms with Crippen molar-refractivity contribution < 1.29 is 4.39 Å². The molecule has 0 aliphatic carbocycles. The number of hydrogen-bond acceptors (Lipinski definition) is 3. The average Bonchev–Trinajstić information content (AvgIpc) is 2.56. The minimum absolute atomic E-state index is 0.0654. The van der Waals surface area contributed by atoms with Gasteiger partial charge in [-0.15, -0.1) is 0 Å². The van der Waals surface area contributed by atoms with Crippen molar-refractivity contribution >= 4 is 44.9 Å². The quantitative estimate of drug-likeness (QED) is 0.328. The molecule has 2 aromatic heterocycles. The SMILES string of the molecule is Cc1cccc2cccc(-c3ncc4c(Cl)nc(Cl)nc4c3F)c12. The van der Waals surface area contributed by atoms with E-state index in [1.165, 1.54) is 6.20 Å². The molecule has 4 rings (SSSR count). The molecule has 2 heterocycles. The van der Waals surface area contributed by atoms with Crippen molar-refractivity contribution in [2.24, 2.45) is 0 Å². The number of benzene rings is 2. The van der Waals surface area contributed by atoms with E-state index in [0.717, 1.165) is 16.3 Å². The van der Waals surface area contributed by atoms with Crippen LogP contribution in [-0.2, 0) is 0 Å². The van der Waals surface area contributed by atoms with E-state index in [4.69, 9.17) is 23.2 Å². The first-order valence-corrected chi connectivity index (χ1v) is 7.98. The standard InChI is InChI=1S/C18H10Cl2FN3/c1-9-4-2-5-10-6-3-7-11(13(9)10)15-14(21)16-12(8-22-15)17(19)24-18(20)23-16/h2-8H,1H3. The minimum Gasteiger partial charge on any atom is -0.252 e.